The van der Waals surface area contributed by atoms with E-state index in [4.69, 9.17) is 10.5 Å². The molecule has 1 heterocycles. The number of hydrogen-bond acceptors (Lipinski definition) is 4. The molecule has 1 aromatic carbocycles. The average molecular weight is 333 g/mol. The van der Waals surface area contributed by atoms with E-state index in [-0.39, 0.29) is 12.0 Å². The smallest absolute Gasteiger partial charge is 0.247 e. The number of likely N-dealkylation sites (tertiary alicyclic amines) is 1. The van der Waals surface area contributed by atoms with Crippen molar-refractivity contribution in [3.63, 3.8) is 0 Å². The van der Waals surface area contributed by atoms with E-state index in [1.54, 1.807) is 6.92 Å². The van der Waals surface area contributed by atoms with Crippen LogP contribution in [-0.2, 0) is 15.1 Å². The Morgan fingerprint density at radius 2 is 2.00 bits per heavy atom. The molecular weight excluding hydrogens is 302 g/mol. The third-order valence-electron chi connectivity index (χ3n) is 4.91. The van der Waals surface area contributed by atoms with Crippen molar-refractivity contribution < 1.29 is 9.53 Å². The van der Waals surface area contributed by atoms with Gasteiger partial charge < -0.3 is 20.3 Å². The second kappa shape index (κ2) is 8.60. The van der Waals surface area contributed by atoms with Crippen molar-refractivity contribution in [2.24, 2.45) is 5.73 Å². The number of benzene rings is 1. The van der Waals surface area contributed by atoms with Crippen LogP contribution in [0.3, 0.4) is 0 Å². The van der Waals surface area contributed by atoms with E-state index in [2.05, 4.69) is 18.7 Å². The quantitative estimate of drug-likeness (QED) is 0.788. The minimum atomic E-state index is -0.989. The van der Waals surface area contributed by atoms with Crippen LogP contribution in [-0.4, -0.2) is 61.1 Å². The molecule has 134 valence electrons. The lowest BCUT2D eigenvalue weighted by Crippen LogP contribution is -2.50. The molecule has 0 aliphatic carbocycles. The number of hydrogen-bond donors (Lipinski definition) is 1. The first kappa shape index (κ1) is 18.9. The molecule has 2 unspecified atom stereocenters. The number of nitrogens with zero attached hydrogens (tertiary/aromatic N) is 2. The molecule has 5 heteroatoms. The molecule has 1 fully saturated rings. The monoisotopic (exact) mass is 333 g/mol. The summed E-state index contributed by atoms with van der Waals surface area (Å²) >= 11 is 0. The van der Waals surface area contributed by atoms with Crippen molar-refractivity contribution in [3.8, 4) is 0 Å². The fourth-order valence-corrected chi connectivity index (χ4v) is 3.17. The summed E-state index contributed by atoms with van der Waals surface area (Å²) in [5, 5.41) is 0. The molecule has 0 aromatic heterocycles. The van der Waals surface area contributed by atoms with Gasteiger partial charge in [0, 0.05) is 19.6 Å². The fourth-order valence-electron chi connectivity index (χ4n) is 3.17. The molecular formula is C19H31N3O2. The van der Waals surface area contributed by atoms with Crippen molar-refractivity contribution in [1.82, 2.24) is 9.80 Å². The van der Waals surface area contributed by atoms with Gasteiger partial charge in [0.15, 0.2) is 0 Å². The van der Waals surface area contributed by atoms with Crippen LogP contribution >= 0.6 is 0 Å². The largest absolute Gasteiger partial charge is 0.375 e. The molecule has 1 aromatic rings. The first-order valence-corrected chi connectivity index (χ1v) is 8.96. The maximum atomic E-state index is 12.8. The lowest BCUT2D eigenvalue weighted by Gasteiger charge is -2.29. The molecule has 1 saturated heterocycles. The standard InChI is InChI=1S/C19H31N3O2/c1-4-21(5-2)13-14-24-17-11-12-22(15-17)18(23)19(3,20)16-9-7-6-8-10-16/h6-10,17H,4-5,11-15,20H2,1-3H3. The summed E-state index contributed by atoms with van der Waals surface area (Å²) in [5.74, 6) is -0.0245. The summed E-state index contributed by atoms with van der Waals surface area (Å²) < 4.78 is 5.96. The maximum absolute atomic E-state index is 12.8. The Kier molecular flexibility index (Phi) is 6.78. The van der Waals surface area contributed by atoms with Crippen LogP contribution < -0.4 is 5.73 Å². The van der Waals surface area contributed by atoms with E-state index >= 15 is 0 Å². The van der Waals surface area contributed by atoms with Crippen LogP contribution in [0.2, 0.25) is 0 Å². The Hall–Kier alpha value is -1.43. The summed E-state index contributed by atoms with van der Waals surface area (Å²) in [4.78, 5) is 17.0. The second-order valence-corrected chi connectivity index (χ2v) is 6.63. The predicted molar refractivity (Wildman–Crippen MR) is 96.7 cm³/mol. The molecule has 2 atom stereocenters. The first-order valence-electron chi connectivity index (χ1n) is 8.96. The van der Waals surface area contributed by atoms with E-state index < -0.39 is 5.54 Å². The van der Waals surface area contributed by atoms with Gasteiger partial charge in [0.1, 0.15) is 5.54 Å². The highest BCUT2D eigenvalue weighted by Gasteiger charge is 2.37. The highest BCUT2D eigenvalue weighted by atomic mass is 16.5. The van der Waals surface area contributed by atoms with Crippen LogP contribution in [0, 0.1) is 0 Å². The molecule has 1 aliphatic heterocycles. The zero-order valence-corrected chi connectivity index (χ0v) is 15.2. The van der Waals surface area contributed by atoms with Gasteiger partial charge in [0.2, 0.25) is 5.91 Å². The van der Waals surface area contributed by atoms with Gasteiger partial charge in [-0.15, -0.1) is 0 Å². The van der Waals surface area contributed by atoms with Gasteiger partial charge in [-0.25, -0.2) is 0 Å². The van der Waals surface area contributed by atoms with E-state index in [0.717, 1.165) is 31.6 Å². The lowest BCUT2D eigenvalue weighted by atomic mass is 9.92. The van der Waals surface area contributed by atoms with Crippen molar-refractivity contribution in [2.75, 3.05) is 39.3 Å². The molecule has 2 rings (SSSR count). The normalized spacial score (nSPS) is 20.4. The number of ether oxygens (including phenoxy) is 1. The topological polar surface area (TPSA) is 58.8 Å². The zero-order valence-electron chi connectivity index (χ0n) is 15.2. The van der Waals surface area contributed by atoms with Crippen LogP contribution in [0.5, 0.6) is 0 Å². The first-order chi connectivity index (χ1) is 11.5. The van der Waals surface area contributed by atoms with E-state index in [0.29, 0.717) is 19.7 Å². The Balaban J connectivity index is 1.85. The second-order valence-electron chi connectivity index (χ2n) is 6.63. The summed E-state index contributed by atoms with van der Waals surface area (Å²) in [6.07, 6.45) is 1.01. The molecule has 5 nitrogen and oxygen atoms in total. The Morgan fingerprint density at radius 3 is 2.62 bits per heavy atom. The molecule has 0 radical (unpaired) electrons. The van der Waals surface area contributed by atoms with Crippen LogP contribution in [0.25, 0.3) is 0 Å². The van der Waals surface area contributed by atoms with Gasteiger partial charge in [-0.05, 0) is 32.0 Å². The maximum Gasteiger partial charge on any atom is 0.247 e. The van der Waals surface area contributed by atoms with Crippen LogP contribution in [0.15, 0.2) is 30.3 Å². The molecule has 24 heavy (non-hydrogen) atoms. The third-order valence-corrected chi connectivity index (χ3v) is 4.91. The number of rotatable bonds is 8. The molecule has 1 amide bonds. The highest BCUT2D eigenvalue weighted by molar-refractivity contribution is 5.87. The van der Waals surface area contributed by atoms with Crippen LogP contribution in [0.4, 0.5) is 0 Å². The van der Waals surface area contributed by atoms with Crippen molar-refractivity contribution in [1.29, 1.82) is 0 Å². The number of carbonyl (C=O) groups excluding carboxylic acids is 1. The predicted octanol–water partition coefficient (Wildman–Crippen LogP) is 1.82. The van der Waals surface area contributed by atoms with E-state index in [1.807, 2.05) is 35.2 Å². The number of amides is 1. The molecule has 2 N–H and O–H groups in total. The fraction of sp³-hybridized carbons (Fsp3) is 0.632. The molecule has 1 aliphatic rings. The Bertz CT molecular complexity index is 515. The van der Waals surface area contributed by atoms with Gasteiger partial charge in [0.25, 0.3) is 0 Å². The summed E-state index contributed by atoms with van der Waals surface area (Å²) in [6, 6.07) is 9.57. The third kappa shape index (κ3) is 4.56. The number of nitrogens with two attached hydrogens (primary N) is 1. The number of likely N-dealkylation sites (N-methyl/N-ethyl adjacent to an activating group) is 1. The Labute approximate surface area is 145 Å². The average Bonchev–Trinajstić information content (AvgIpc) is 3.07. The summed E-state index contributed by atoms with van der Waals surface area (Å²) in [5.41, 5.74) is 6.20. The van der Waals surface area contributed by atoms with Crippen molar-refractivity contribution in [2.45, 2.75) is 38.8 Å². The van der Waals surface area contributed by atoms with Gasteiger partial charge in [-0.2, -0.15) is 0 Å². The lowest BCUT2D eigenvalue weighted by molar-refractivity contribution is -0.136. The SMILES string of the molecule is CCN(CC)CCOC1CCN(C(=O)C(C)(N)c2ccccc2)C1. The summed E-state index contributed by atoms with van der Waals surface area (Å²) in [6.45, 7) is 11.2. The van der Waals surface area contributed by atoms with Crippen molar-refractivity contribution in [3.05, 3.63) is 35.9 Å². The van der Waals surface area contributed by atoms with Gasteiger partial charge in [-0.3, -0.25) is 4.79 Å². The molecule has 0 saturated carbocycles. The zero-order chi connectivity index (χ0) is 17.6. The Morgan fingerprint density at radius 1 is 1.33 bits per heavy atom. The number of carbonyl (C=O) groups is 1. The van der Waals surface area contributed by atoms with E-state index in [9.17, 15) is 4.79 Å². The van der Waals surface area contributed by atoms with Gasteiger partial charge >= 0.3 is 0 Å². The minimum absolute atomic E-state index is 0.0245. The highest BCUT2D eigenvalue weighted by Crippen LogP contribution is 2.23. The van der Waals surface area contributed by atoms with E-state index in [1.165, 1.54) is 0 Å². The van der Waals surface area contributed by atoms with Gasteiger partial charge in [0.05, 0.1) is 12.7 Å². The minimum Gasteiger partial charge on any atom is -0.375 e. The molecule has 0 spiro atoms. The summed E-state index contributed by atoms with van der Waals surface area (Å²) in [7, 11) is 0. The molecule has 0 bridgehead atoms. The van der Waals surface area contributed by atoms with Gasteiger partial charge in [-0.1, -0.05) is 44.2 Å². The van der Waals surface area contributed by atoms with Crippen LogP contribution in [0.1, 0.15) is 32.8 Å². The van der Waals surface area contributed by atoms with Crippen molar-refractivity contribution >= 4 is 5.91 Å².